The summed E-state index contributed by atoms with van der Waals surface area (Å²) in [6, 6.07) is 10.1. The summed E-state index contributed by atoms with van der Waals surface area (Å²) in [5, 5.41) is 0.389. The molecule has 0 aliphatic carbocycles. The number of anilines is 1. The number of hydrogen-bond donors (Lipinski definition) is 0. The molecule has 2 aromatic rings. The molecule has 0 radical (unpaired) electrons. The van der Waals surface area contributed by atoms with Crippen LogP contribution >= 0.6 is 11.6 Å². The predicted molar refractivity (Wildman–Crippen MR) is 124 cm³/mol. The molecule has 0 saturated carbocycles. The van der Waals surface area contributed by atoms with E-state index in [0.717, 1.165) is 0 Å². The van der Waals surface area contributed by atoms with Gasteiger partial charge in [0.1, 0.15) is 23.6 Å². The maximum Gasteiger partial charge on any atom is 0.406 e. The summed E-state index contributed by atoms with van der Waals surface area (Å²) in [4.78, 5) is 13.7. The second-order valence-corrected chi connectivity index (χ2v) is 12.1. The summed E-state index contributed by atoms with van der Waals surface area (Å²) in [7, 11) is -3.96. The van der Waals surface area contributed by atoms with Crippen LogP contribution in [0.5, 0.6) is 5.75 Å². The van der Waals surface area contributed by atoms with Crippen molar-refractivity contribution in [1.29, 1.82) is 0 Å². The van der Waals surface area contributed by atoms with Gasteiger partial charge in [-0.15, -0.1) is 0 Å². The third-order valence-corrected chi connectivity index (χ3v) is 9.28. The van der Waals surface area contributed by atoms with E-state index >= 15 is 0 Å². The van der Waals surface area contributed by atoms with Crippen molar-refractivity contribution in [3.63, 3.8) is 0 Å². The minimum Gasteiger partial charge on any atom is -0.490 e. The fraction of sp³-hybridized carbons (Fsp3) is 0.458. The molecule has 11 heteroatoms. The molecule has 190 valence electrons. The van der Waals surface area contributed by atoms with E-state index in [1.807, 2.05) is 0 Å². The van der Waals surface area contributed by atoms with Crippen molar-refractivity contribution in [1.82, 2.24) is 0 Å². The molecule has 35 heavy (non-hydrogen) atoms. The summed E-state index contributed by atoms with van der Waals surface area (Å²) in [5.41, 5.74) is -0.891. The van der Waals surface area contributed by atoms with Gasteiger partial charge in [-0.25, -0.2) is 8.42 Å². The Labute approximate surface area is 206 Å². The molecule has 2 aromatic carbocycles. The van der Waals surface area contributed by atoms with Crippen molar-refractivity contribution < 1.29 is 35.9 Å². The van der Waals surface area contributed by atoms with Crippen LogP contribution in [0.2, 0.25) is 5.02 Å². The molecular weight excluding hydrogens is 507 g/mol. The van der Waals surface area contributed by atoms with Crippen LogP contribution in [-0.2, 0) is 24.1 Å². The first-order valence-electron chi connectivity index (χ1n) is 11.0. The zero-order valence-electron chi connectivity index (χ0n) is 19.2. The zero-order chi connectivity index (χ0) is 25.6. The van der Waals surface area contributed by atoms with Crippen molar-refractivity contribution in [2.75, 3.05) is 31.3 Å². The number of benzene rings is 2. The summed E-state index contributed by atoms with van der Waals surface area (Å²) in [5.74, 6) is -0.696. The maximum atomic E-state index is 13.9. The van der Waals surface area contributed by atoms with E-state index in [1.54, 1.807) is 0 Å². The molecule has 2 heterocycles. The van der Waals surface area contributed by atoms with Gasteiger partial charge in [-0.05, 0) is 68.7 Å². The Bertz CT molecular complexity index is 1220. The molecule has 0 bridgehead atoms. The monoisotopic (exact) mass is 531 g/mol. The van der Waals surface area contributed by atoms with Gasteiger partial charge < -0.3 is 9.47 Å². The highest BCUT2D eigenvalue weighted by atomic mass is 35.5. The molecule has 1 saturated heterocycles. The van der Waals surface area contributed by atoms with E-state index < -0.39 is 38.6 Å². The van der Waals surface area contributed by atoms with Crippen LogP contribution in [0.15, 0.2) is 47.4 Å². The summed E-state index contributed by atoms with van der Waals surface area (Å²) < 4.78 is 77.8. The highest BCUT2D eigenvalue weighted by molar-refractivity contribution is 7.92. The Morgan fingerprint density at radius 1 is 1.06 bits per heavy atom. The van der Waals surface area contributed by atoms with Crippen molar-refractivity contribution >= 4 is 33.0 Å². The van der Waals surface area contributed by atoms with Gasteiger partial charge in [-0.2, -0.15) is 13.2 Å². The first-order chi connectivity index (χ1) is 16.3. The molecule has 1 amide bonds. The number of amides is 1. The lowest BCUT2D eigenvalue weighted by Crippen LogP contribution is -2.46. The topological polar surface area (TPSA) is 72.9 Å². The van der Waals surface area contributed by atoms with Gasteiger partial charge in [0, 0.05) is 18.2 Å². The van der Waals surface area contributed by atoms with Crippen LogP contribution in [0.1, 0.15) is 32.3 Å². The van der Waals surface area contributed by atoms with Gasteiger partial charge in [0.25, 0.3) is 0 Å². The highest BCUT2D eigenvalue weighted by Crippen LogP contribution is 2.47. The van der Waals surface area contributed by atoms with Crippen LogP contribution in [0, 0.1) is 5.41 Å². The molecule has 2 aliphatic heterocycles. The van der Waals surface area contributed by atoms with Gasteiger partial charge in [-0.3, -0.25) is 9.69 Å². The number of hydrogen-bond acceptors (Lipinski definition) is 5. The molecule has 2 aliphatic rings. The van der Waals surface area contributed by atoms with Crippen molar-refractivity contribution in [2.45, 2.75) is 42.5 Å². The molecular formula is C24H25ClF3NO5S. The molecule has 6 nitrogen and oxygen atoms in total. The smallest absolute Gasteiger partial charge is 0.406 e. The summed E-state index contributed by atoms with van der Waals surface area (Å²) >= 11 is 5.94. The number of halogens is 4. The Hall–Kier alpha value is -2.30. The number of carbonyl (C=O) groups excluding carboxylic acids is 1. The second kappa shape index (κ2) is 8.97. The molecule has 0 N–H and O–H groups in total. The number of sulfone groups is 1. The van der Waals surface area contributed by atoms with Crippen LogP contribution < -0.4 is 9.64 Å². The third-order valence-electron chi connectivity index (χ3n) is 6.47. The fourth-order valence-corrected chi connectivity index (χ4v) is 6.73. The number of rotatable bonds is 4. The van der Waals surface area contributed by atoms with E-state index in [1.165, 1.54) is 56.3 Å². The number of nitrogens with zero attached hydrogens (tertiary/aromatic N) is 1. The quantitative estimate of drug-likeness (QED) is 0.546. The van der Waals surface area contributed by atoms with E-state index in [2.05, 4.69) is 0 Å². The standard InChI is InChI=1S/C24H25ClF3NO5S/c1-22(2)15-34-20-13-16(3-8-19(20)29(21(22)30)14-24(26,27)28)23(9-11-33-12-10-23)35(31,32)18-6-4-17(25)5-7-18/h3-8,13H,9-12,14-15H2,1-2H3. The molecule has 0 atom stereocenters. The molecule has 0 spiro atoms. The predicted octanol–water partition coefficient (Wildman–Crippen LogP) is 5.13. The van der Waals surface area contributed by atoms with E-state index in [9.17, 15) is 26.4 Å². The lowest BCUT2D eigenvalue weighted by atomic mass is 9.90. The lowest BCUT2D eigenvalue weighted by molar-refractivity contribution is -0.138. The average Bonchev–Trinajstić information content (AvgIpc) is 2.89. The first kappa shape index (κ1) is 25.8. The Morgan fingerprint density at radius 3 is 2.29 bits per heavy atom. The van der Waals surface area contributed by atoms with Crippen LogP contribution in [-0.4, -0.2) is 46.9 Å². The second-order valence-electron chi connectivity index (χ2n) is 9.43. The number of alkyl halides is 3. The molecule has 1 fully saturated rings. The van der Waals surface area contributed by atoms with Gasteiger partial charge in [0.05, 0.1) is 16.0 Å². The van der Waals surface area contributed by atoms with Gasteiger partial charge in [-0.1, -0.05) is 17.7 Å². The Kier molecular flexibility index (Phi) is 6.61. The van der Waals surface area contributed by atoms with E-state index in [-0.39, 0.29) is 49.0 Å². The Morgan fingerprint density at radius 2 is 1.69 bits per heavy atom. The van der Waals surface area contributed by atoms with E-state index in [0.29, 0.717) is 15.5 Å². The minimum absolute atomic E-state index is 0.0304. The molecule has 0 aromatic heterocycles. The third kappa shape index (κ3) is 4.75. The largest absolute Gasteiger partial charge is 0.490 e. The van der Waals surface area contributed by atoms with E-state index in [4.69, 9.17) is 21.1 Å². The minimum atomic E-state index is -4.63. The van der Waals surface area contributed by atoms with Crippen molar-refractivity contribution in [2.24, 2.45) is 5.41 Å². The SMILES string of the molecule is CC1(C)COc2cc(C3(S(=O)(=O)c4ccc(Cl)cc4)CCOCC3)ccc2N(CC(F)(F)F)C1=O. The normalized spacial score (nSPS) is 20.1. The van der Waals surface area contributed by atoms with Crippen LogP contribution in [0.3, 0.4) is 0 Å². The zero-order valence-corrected chi connectivity index (χ0v) is 20.8. The van der Waals surface area contributed by atoms with Gasteiger partial charge >= 0.3 is 6.18 Å². The summed E-state index contributed by atoms with van der Waals surface area (Å²) in [6.07, 6.45) is -4.34. The van der Waals surface area contributed by atoms with Crippen LogP contribution in [0.4, 0.5) is 18.9 Å². The van der Waals surface area contributed by atoms with Crippen LogP contribution in [0.25, 0.3) is 0 Å². The number of fused-ring (bicyclic) bond motifs is 1. The molecule has 0 unspecified atom stereocenters. The fourth-order valence-electron chi connectivity index (χ4n) is 4.52. The summed E-state index contributed by atoms with van der Waals surface area (Å²) in [6.45, 7) is 1.77. The average molecular weight is 532 g/mol. The van der Waals surface area contributed by atoms with Gasteiger partial charge in [0.2, 0.25) is 5.91 Å². The van der Waals surface area contributed by atoms with Crippen molar-refractivity contribution in [3.05, 3.63) is 53.1 Å². The van der Waals surface area contributed by atoms with Crippen molar-refractivity contribution in [3.8, 4) is 5.75 Å². The number of carbonyl (C=O) groups is 1. The highest BCUT2D eigenvalue weighted by Gasteiger charge is 2.49. The first-order valence-corrected chi connectivity index (χ1v) is 12.9. The molecule has 4 rings (SSSR count). The van der Waals surface area contributed by atoms with Gasteiger partial charge in [0.15, 0.2) is 9.84 Å². The maximum absolute atomic E-state index is 13.9. The number of ether oxygens (including phenoxy) is 2. The Balaban J connectivity index is 1.86. The lowest BCUT2D eigenvalue weighted by Gasteiger charge is -2.37.